The quantitative estimate of drug-likeness (QED) is 0.880. The Morgan fingerprint density at radius 1 is 1.47 bits per heavy atom. The highest BCUT2D eigenvalue weighted by molar-refractivity contribution is 8.15. The van der Waals surface area contributed by atoms with Crippen molar-refractivity contribution in [3.05, 3.63) is 29.8 Å². The van der Waals surface area contributed by atoms with Crippen molar-refractivity contribution in [1.82, 2.24) is 5.32 Å². The van der Waals surface area contributed by atoms with Crippen LogP contribution in [-0.4, -0.2) is 29.3 Å². The van der Waals surface area contributed by atoms with Gasteiger partial charge in [0.1, 0.15) is 5.25 Å². The third-order valence-corrected chi connectivity index (χ3v) is 3.94. The van der Waals surface area contributed by atoms with E-state index in [9.17, 15) is 9.59 Å². The maximum Gasteiger partial charge on any atom is 0.240 e. The second-order valence-corrected chi connectivity index (χ2v) is 5.38. The van der Waals surface area contributed by atoms with Crippen LogP contribution in [-0.2, 0) is 9.59 Å². The summed E-state index contributed by atoms with van der Waals surface area (Å²) < 4.78 is 0. The first-order valence-corrected chi connectivity index (χ1v) is 6.78. The number of nitrogens with one attached hydrogen (secondary N) is 2. The molecular weight excluding hydrogens is 262 g/mol. The molecule has 5 nitrogen and oxygen atoms in total. The zero-order valence-corrected chi connectivity index (χ0v) is 11.6. The topological polar surface area (TPSA) is 70.6 Å². The minimum atomic E-state index is -0.400. The number of benzene rings is 1. The molecule has 2 rings (SSSR count). The first-order valence-electron chi connectivity index (χ1n) is 5.90. The lowest BCUT2D eigenvalue weighted by atomic mass is 10.2. The molecule has 1 saturated heterocycles. The van der Waals surface area contributed by atoms with Crippen LogP contribution >= 0.6 is 11.8 Å². The molecule has 1 unspecified atom stereocenters. The Hall–Kier alpha value is -1.82. The van der Waals surface area contributed by atoms with Gasteiger partial charge in [0.15, 0.2) is 5.17 Å². The maximum absolute atomic E-state index is 11.9. The smallest absolute Gasteiger partial charge is 0.240 e. The number of anilines is 1. The summed E-state index contributed by atoms with van der Waals surface area (Å²) in [6.45, 7) is 1.93. The number of amides is 2. The first-order chi connectivity index (χ1) is 9.10. The Kier molecular flexibility index (Phi) is 4.21. The monoisotopic (exact) mass is 277 g/mol. The number of hydrogen-bond acceptors (Lipinski definition) is 4. The van der Waals surface area contributed by atoms with Crippen LogP contribution in [0.5, 0.6) is 0 Å². The van der Waals surface area contributed by atoms with Crippen molar-refractivity contribution in [2.24, 2.45) is 4.99 Å². The van der Waals surface area contributed by atoms with E-state index in [4.69, 9.17) is 0 Å². The van der Waals surface area contributed by atoms with Crippen molar-refractivity contribution in [3.8, 4) is 0 Å². The van der Waals surface area contributed by atoms with Gasteiger partial charge in [0.05, 0.1) is 0 Å². The van der Waals surface area contributed by atoms with Gasteiger partial charge in [-0.1, -0.05) is 30.0 Å². The molecule has 0 radical (unpaired) electrons. The third-order valence-electron chi connectivity index (χ3n) is 2.77. The van der Waals surface area contributed by atoms with Crippen molar-refractivity contribution in [1.29, 1.82) is 0 Å². The summed E-state index contributed by atoms with van der Waals surface area (Å²) in [6.07, 6.45) is 0.143. The average Bonchev–Trinajstić information content (AvgIpc) is 2.73. The van der Waals surface area contributed by atoms with Gasteiger partial charge in [-0.3, -0.25) is 14.6 Å². The zero-order chi connectivity index (χ0) is 13.8. The van der Waals surface area contributed by atoms with Crippen LogP contribution in [0.15, 0.2) is 29.3 Å². The molecular formula is C13H15N3O2S. The lowest BCUT2D eigenvalue weighted by Crippen LogP contribution is -2.28. The third kappa shape index (κ3) is 3.35. The summed E-state index contributed by atoms with van der Waals surface area (Å²) in [4.78, 5) is 27.4. The van der Waals surface area contributed by atoms with Crippen LogP contribution in [0.3, 0.4) is 0 Å². The van der Waals surface area contributed by atoms with Gasteiger partial charge in [0.2, 0.25) is 11.8 Å². The predicted molar refractivity (Wildman–Crippen MR) is 77.3 cm³/mol. The fourth-order valence-corrected chi connectivity index (χ4v) is 2.66. The van der Waals surface area contributed by atoms with Gasteiger partial charge >= 0.3 is 0 Å². The summed E-state index contributed by atoms with van der Waals surface area (Å²) in [5.74, 6) is -0.329. The van der Waals surface area contributed by atoms with Gasteiger partial charge in [-0.15, -0.1) is 0 Å². The maximum atomic E-state index is 11.9. The first kappa shape index (κ1) is 13.6. The van der Waals surface area contributed by atoms with Gasteiger partial charge in [-0.25, -0.2) is 0 Å². The molecule has 19 heavy (non-hydrogen) atoms. The summed E-state index contributed by atoms with van der Waals surface area (Å²) in [6, 6.07) is 7.54. The average molecular weight is 277 g/mol. The molecule has 0 spiro atoms. The summed E-state index contributed by atoms with van der Waals surface area (Å²) >= 11 is 1.29. The molecule has 100 valence electrons. The van der Waals surface area contributed by atoms with Crippen LogP contribution in [0.2, 0.25) is 0 Å². The van der Waals surface area contributed by atoms with Crippen molar-refractivity contribution in [3.63, 3.8) is 0 Å². The number of hydrogen-bond donors (Lipinski definition) is 2. The van der Waals surface area contributed by atoms with E-state index in [0.29, 0.717) is 5.17 Å². The Labute approximate surface area is 115 Å². The fourth-order valence-electron chi connectivity index (χ4n) is 1.73. The highest BCUT2D eigenvalue weighted by Gasteiger charge is 2.31. The van der Waals surface area contributed by atoms with E-state index in [1.807, 2.05) is 31.2 Å². The van der Waals surface area contributed by atoms with Crippen LogP contribution in [0.1, 0.15) is 12.0 Å². The van der Waals surface area contributed by atoms with Gasteiger partial charge in [-0.2, -0.15) is 0 Å². The molecule has 2 N–H and O–H groups in total. The SMILES string of the molecule is CN=C1NC(=O)C(CC(=O)Nc2ccccc2C)S1. The molecule has 1 heterocycles. The van der Waals surface area contributed by atoms with Gasteiger partial charge in [0.25, 0.3) is 0 Å². The molecule has 1 aromatic rings. The van der Waals surface area contributed by atoms with Gasteiger partial charge in [0, 0.05) is 19.2 Å². The van der Waals surface area contributed by atoms with Crippen LogP contribution in [0, 0.1) is 6.92 Å². The molecule has 0 aliphatic carbocycles. The van der Waals surface area contributed by atoms with Crippen molar-refractivity contribution < 1.29 is 9.59 Å². The molecule has 2 amide bonds. The molecule has 0 bridgehead atoms. The van der Waals surface area contributed by atoms with E-state index in [1.165, 1.54) is 11.8 Å². The summed E-state index contributed by atoms with van der Waals surface area (Å²) in [7, 11) is 1.61. The summed E-state index contributed by atoms with van der Waals surface area (Å²) in [5, 5.41) is 5.61. The van der Waals surface area contributed by atoms with Crippen molar-refractivity contribution in [2.75, 3.05) is 12.4 Å². The number of amidine groups is 1. The zero-order valence-electron chi connectivity index (χ0n) is 10.8. The number of nitrogens with zero attached hydrogens (tertiary/aromatic N) is 1. The number of thioether (sulfide) groups is 1. The molecule has 1 fully saturated rings. The highest BCUT2D eigenvalue weighted by Crippen LogP contribution is 2.23. The van der Waals surface area contributed by atoms with E-state index in [0.717, 1.165) is 11.3 Å². The lowest BCUT2D eigenvalue weighted by Gasteiger charge is -2.09. The van der Waals surface area contributed by atoms with E-state index in [2.05, 4.69) is 15.6 Å². The highest BCUT2D eigenvalue weighted by atomic mass is 32.2. The fraction of sp³-hybridized carbons (Fsp3) is 0.308. The van der Waals surface area contributed by atoms with E-state index >= 15 is 0 Å². The lowest BCUT2D eigenvalue weighted by molar-refractivity contribution is -0.122. The molecule has 1 aliphatic rings. The largest absolute Gasteiger partial charge is 0.326 e. The van der Waals surface area contributed by atoms with Crippen molar-refractivity contribution in [2.45, 2.75) is 18.6 Å². The Morgan fingerprint density at radius 3 is 2.84 bits per heavy atom. The molecule has 1 aliphatic heterocycles. The molecule has 6 heteroatoms. The van der Waals surface area contributed by atoms with E-state index < -0.39 is 5.25 Å². The second-order valence-electron chi connectivity index (χ2n) is 4.19. The standard InChI is InChI=1S/C13H15N3O2S/c1-8-5-3-4-6-9(8)15-11(17)7-10-12(18)16-13(14-2)19-10/h3-6,10H,7H2,1-2H3,(H,15,17)(H,14,16,18). The van der Waals surface area contributed by atoms with Gasteiger partial charge < -0.3 is 10.6 Å². The molecule has 1 atom stereocenters. The Morgan fingerprint density at radius 2 is 2.21 bits per heavy atom. The van der Waals surface area contributed by atoms with Crippen LogP contribution in [0.25, 0.3) is 0 Å². The second kappa shape index (κ2) is 5.88. The van der Waals surface area contributed by atoms with E-state index in [-0.39, 0.29) is 18.2 Å². The Bertz CT molecular complexity index is 542. The number of para-hydroxylation sites is 1. The normalized spacial score (nSPS) is 20.4. The van der Waals surface area contributed by atoms with Crippen molar-refractivity contribution >= 4 is 34.4 Å². The number of carbonyl (C=O) groups excluding carboxylic acids is 2. The minimum Gasteiger partial charge on any atom is -0.326 e. The number of rotatable bonds is 3. The number of aliphatic imine (C=N–C) groups is 1. The molecule has 0 aromatic heterocycles. The molecule has 1 aromatic carbocycles. The minimum absolute atomic E-state index is 0.143. The van der Waals surface area contributed by atoms with E-state index in [1.54, 1.807) is 7.05 Å². The van der Waals surface area contributed by atoms with Gasteiger partial charge in [-0.05, 0) is 18.6 Å². The molecule has 0 saturated carbocycles. The van der Waals surface area contributed by atoms with Crippen LogP contribution < -0.4 is 10.6 Å². The Balaban J connectivity index is 1.96. The van der Waals surface area contributed by atoms with Crippen LogP contribution in [0.4, 0.5) is 5.69 Å². The summed E-state index contributed by atoms with van der Waals surface area (Å²) in [5.41, 5.74) is 1.77. The number of aryl methyl sites for hydroxylation is 1. The number of carbonyl (C=O) groups is 2. The predicted octanol–water partition coefficient (Wildman–Crippen LogP) is 1.54.